The topological polar surface area (TPSA) is 56.7 Å². The molecule has 5 nitrogen and oxygen atoms in total. The minimum atomic E-state index is 0.0113. The molecule has 24 heavy (non-hydrogen) atoms. The molecule has 0 radical (unpaired) electrons. The van der Waals surface area contributed by atoms with E-state index in [4.69, 9.17) is 0 Å². The summed E-state index contributed by atoms with van der Waals surface area (Å²) < 4.78 is 1.00. The van der Waals surface area contributed by atoms with E-state index in [-0.39, 0.29) is 5.91 Å². The number of rotatable bonds is 4. The second-order valence-electron chi connectivity index (χ2n) is 6.80. The molecule has 2 aliphatic rings. The summed E-state index contributed by atoms with van der Waals surface area (Å²) in [4.78, 5) is 18.7. The highest BCUT2D eigenvalue weighted by atomic mass is 79.9. The number of nitrogens with one attached hydrogen (secondary N) is 2. The van der Waals surface area contributed by atoms with Crippen LogP contribution in [0.1, 0.15) is 32.1 Å². The van der Waals surface area contributed by atoms with Crippen LogP contribution in [-0.2, 0) is 4.79 Å². The zero-order valence-electron chi connectivity index (χ0n) is 14.1. The van der Waals surface area contributed by atoms with Gasteiger partial charge >= 0.3 is 0 Å². The number of aliphatic imine (C=N–C) groups is 1. The van der Waals surface area contributed by atoms with Gasteiger partial charge in [-0.15, -0.1) is 0 Å². The predicted octanol–water partition coefficient (Wildman–Crippen LogP) is 3.23. The number of hydrogen-bond acceptors (Lipinski definition) is 2. The van der Waals surface area contributed by atoms with E-state index in [0.717, 1.165) is 29.2 Å². The maximum atomic E-state index is 12.0. The molecule has 1 amide bonds. The molecule has 0 unspecified atom stereocenters. The predicted molar refractivity (Wildman–Crippen MR) is 101 cm³/mol. The summed E-state index contributed by atoms with van der Waals surface area (Å²) in [6.07, 6.45) is 5.79. The number of carbonyl (C=O) groups is 1. The summed E-state index contributed by atoms with van der Waals surface area (Å²) in [5.41, 5.74) is 1.37. The van der Waals surface area contributed by atoms with Crippen molar-refractivity contribution in [2.45, 2.75) is 32.1 Å². The third kappa shape index (κ3) is 4.09. The highest BCUT2D eigenvalue weighted by Crippen LogP contribution is 2.47. The van der Waals surface area contributed by atoms with Gasteiger partial charge in [-0.25, -0.2) is 0 Å². The second-order valence-corrected chi connectivity index (χ2v) is 7.72. The largest absolute Gasteiger partial charge is 0.356 e. The Labute approximate surface area is 152 Å². The molecule has 1 spiro atoms. The molecule has 2 fully saturated rings. The van der Waals surface area contributed by atoms with Gasteiger partial charge in [-0.1, -0.05) is 22.4 Å². The maximum Gasteiger partial charge on any atom is 0.226 e. The number of guanidine groups is 1. The summed E-state index contributed by atoms with van der Waals surface area (Å²) in [6.45, 7) is 2.78. The zero-order valence-corrected chi connectivity index (χ0v) is 15.7. The van der Waals surface area contributed by atoms with Crippen LogP contribution in [0.2, 0.25) is 0 Å². The number of benzene rings is 1. The molecule has 1 aromatic carbocycles. The average Bonchev–Trinajstić information content (AvgIpc) is 2.99. The van der Waals surface area contributed by atoms with Crippen molar-refractivity contribution in [3.05, 3.63) is 28.7 Å². The Hall–Kier alpha value is -1.56. The zero-order chi connectivity index (χ0) is 17.0. The van der Waals surface area contributed by atoms with E-state index in [9.17, 15) is 4.79 Å². The van der Waals surface area contributed by atoms with Crippen LogP contribution in [0.5, 0.6) is 0 Å². The highest BCUT2D eigenvalue weighted by molar-refractivity contribution is 9.10. The normalized spacial score (nSPS) is 19.2. The fraction of sp³-hybridized carbons (Fsp3) is 0.556. The summed E-state index contributed by atoms with van der Waals surface area (Å²) in [6, 6.07) is 7.60. The fourth-order valence-corrected chi connectivity index (χ4v) is 3.84. The van der Waals surface area contributed by atoms with Gasteiger partial charge in [0.25, 0.3) is 0 Å². The summed E-state index contributed by atoms with van der Waals surface area (Å²) in [7, 11) is 1.82. The fourth-order valence-electron chi connectivity index (χ4n) is 3.58. The Morgan fingerprint density at radius 2 is 2.04 bits per heavy atom. The Kier molecular flexibility index (Phi) is 5.43. The SMILES string of the molecule is CN=C(NCCC(=O)Nc1ccc(Br)cc1)N1CCC2(CCC2)C1. The van der Waals surface area contributed by atoms with E-state index in [1.165, 1.54) is 25.7 Å². The lowest BCUT2D eigenvalue weighted by atomic mass is 9.68. The number of likely N-dealkylation sites (tertiary alicyclic amines) is 1. The summed E-state index contributed by atoms with van der Waals surface area (Å²) in [5, 5.41) is 6.24. The third-order valence-electron chi connectivity index (χ3n) is 5.13. The first-order chi connectivity index (χ1) is 11.6. The van der Waals surface area contributed by atoms with Crippen LogP contribution in [0.4, 0.5) is 5.69 Å². The van der Waals surface area contributed by atoms with E-state index >= 15 is 0 Å². The molecular weight excluding hydrogens is 368 g/mol. The van der Waals surface area contributed by atoms with Crippen LogP contribution < -0.4 is 10.6 Å². The number of carbonyl (C=O) groups excluding carboxylic acids is 1. The minimum Gasteiger partial charge on any atom is -0.356 e. The van der Waals surface area contributed by atoms with Crippen LogP contribution >= 0.6 is 15.9 Å². The van der Waals surface area contributed by atoms with Crippen LogP contribution in [0.25, 0.3) is 0 Å². The number of anilines is 1. The van der Waals surface area contributed by atoms with Gasteiger partial charge in [0, 0.05) is 43.3 Å². The Balaban J connectivity index is 1.41. The number of hydrogen-bond donors (Lipinski definition) is 2. The van der Waals surface area contributed by atoms with Gasteiger partial charge in [-0.2, -0.15) is 0 Å². The van der Waals surface area contributed by atoms with Gasteiger partial charge in [-0.05, 0) is 48.9 Å². The van der Waals surface area contributed by atoms with E-state index in [1.807, 2.05) is 31.3 Å². The quantitative estimate of drug-likeness (QED) is 0.610. The lowest BCUT2D eigenvalue weighted by Gasteiger charge is -2.38. The molecule has 0 bridgehead atoms. The lowest BCUT2D eigenvalue weighted by Crippen LogP contribution is -2.43. The summed E-state index contributed by atoms with van der Waals surface area (Å²) in [5.74, 6) is 0.937. The third-order valence-corrected chi connectivity index (χ3v) is 5.66. The van der Waals surface area contributed by atoms with Gasteiger partial charge in [0.05, 0.1) is 0 Å². The number of nitrogens with zero attached hydrogens (tertiary/aromatic N) is 2. The van der Waals surface area contributed by atoms with Crippen LogP contribution in [0, 0.1) is 5.41 Å². The van der Waals surface area contributed by atoms with Crippen LogP contribution in [-0.4, -0.2) is 43.4 Å². The van der Waals surface area contributed by atoms with E-state index in [1.54, 1.807) is 0 Å². The molecule has 1 aliphatic heterocycles. The molecular formula is C18H25BrN4O. The van der Waals surface area contributed by atoms with Crippen molar-refractivity contribution in [3.63, 3.8) is 0 Å². The maximum absolute atomic E-state index is 12.0. The molecule has 3 rings (SSSR count). The Morgan fingerprint density at radius 1 is 1.29 bits per heavy atom. The Bertz CT molecular complexity index is 610. The minimum absolute atomic E-state index is 0.0113. The number of halogens is 1. The lowest BCUT2D eigenvalue weighted by molar-refractivity contribution is -0.116. The van der Waals surface area contributed by atoms with Crippen LogP contribution in [0.15, 0.2) is 33.7 Å². The van der Waals surface area contributed by atoms with Gasteiger partial charge in [0.15, 0.2) is 5.96 Å². The molecule has 2 N–H and O–H groups in total. The van der Waals surface area contributed by atoms with Crippen molar-refractivity contribution in [3.8, 4) is 0 Å². The monoisotopic (exact) mass is 392 g/mol. The van der Waals surface area contributed by atoms with E-state index in [0.29, 0.717) is 18.4 Å². The van der Waals surface area contributed by atoms with E-state index in [2.05, 4.69) is 36.5 Å². The van der Waals surface area contributed by atoms with Crippen molar-refractivity contribution < 1.29 is 4.79 Å². The smallest absolute Gasteiger partial charge is 0.226 e. The molecule has 0 atom stereocenters. The standard InChI is InChI=1S/C18H25BrN4O/c1-20-17(23-12-10-18(13-23)8-2-9-18)21-11-7-16(24)22-15-5-3-14(19)4-6-15/h3-6H,2,7-13H2,1H3,(H,20,21)(H,22,24). The molecule has 1 saturated heterocycles. The molecule has 1 saturated carbocycles. The second kappa shape index (κ2) is 7.55. The van der Waals surface area contributed by atoms with Gasteiger partial charge in [0.1, 0.15) is 0 Å². The summed E-state index contributed by atoms with van der Waals surface area (Å²) >= 11 is 3.39. The Morgan fingerprint density at radius 3 is 2.62 bits per heavy atom. The first kappa shape index (κ1) is 17.3. The van der Waals surface area contributed by atoms with Crippen molar-refractivity contribution in [1.82, 2.24) is 10.2 Å². The molecule has 1 aliphatic carbocycles. The van der Waals surface area contributed by atoms with Gasteiger partial charge in [-0.3, -0.25) is 9.79 Å². The molecule has 1 aromatic rings. The van der Waals surface area contributed by atoms with Crippen molar-refractivity contribution in [1.29, 1.82) is 0 Å². The number of amides is 1. The highest BCUT2D eigenvalue weighted by Gasteiger charge is 2.43. The van der Waals surface area contributed by atoms with Gasteiger partial charge in [0.2, 0.25) is 5.91 Å². The van der Waals surface area contributed by atoms with Gasteiger partial charge < -0.3 is 15.5 Å². The van der Waals surface area contributed by atoms with E-state index < -0.39 is 0 Å². The molecule has 0 aromatic heterocycles. The molecule has 6 heteroatoms. The molecule has 1 heterocycles. The van der Waals surface area contributed by atoms with Crippen molar-refractivity contribution in [2.24, 2.45) is 10.4 Å². The average molecular weight is 393 g/mol. The van der Waals surface area contributed by atoms with Crippen molar-refractivity contribution in [2.75, 3.05) is 32.0 Å². The molecule has 130 valence electrons. The first-order valence-electron chi connectivity index (χ1n) is 8.61. The first-order valence-corrected chi connectivity index (χ1v) is 9.41. The van der Waals surface area contributed by atoms with Crippen LogP contribution in [0.3, 0.4) is 0 Å². The van der Waals surface area contributed by atoms with Crippen molar-refractivity contribution >= 4 is 33.5 Å².